The van der Waals surface area contributed by atoms with Gasteiger partial charge in [0.1, 0.15) is 11.6 Å². The fourth-order valence-corrected chi connectivity index (χ4v) is 3.06. The second kappa shape index (κ2) is 5.89. The Kier molecular flexibility index (Phi) is 3.78. The van der Waals surface area contributed by atoms with Gasteiger partial charge in [-0.05, 0) is 19.1 Å². The molecule has 0 aromatic carbocycles. The molecule has 4 rings (SSSR count). The third kappa shape index (κ3) is 2.85. The van der Waals surface area contributed by atoms with Gasteiger partial charge in [0.15, 0.2) is 11.5 Å². The molecule has 3 aromatic rings. The highest BCUT2D eigenvalue weighted by molar-refractivity contribution is 5.50. The molecule has 8 heteroatoms. The summed E-state index contributed by atoms with van der Waals surface area (Å²) in [6.07, 6.45) is 3.63. The van der Waals surface area contributed by atoms with Gasteiger partial charge in [0.2, 0.25) is 0 Å². The van der Waals surface area contributed by atoms with Crippen molar-refractivity contribution in [3.8, 4) is 0 Å². The van der Waals surface area contributed by atoms with E-state index in [1.165, 1.54) is 0 Å². The molecule has 4 heterocycles. The Morgan fingerprint density at radius 1 is 1.08 bits per heavy atom. The van der Waals surface area contributed by atoms with E-state index in [1.807, 2.05) is 29.8 Å². The van der Waals surface area contributed by atoms with Crippen LogP contribution in [0.4, 0.5) is 11.6 Å². The third-order valence-electron chi connectivity index (χ3n) is 4.78. The second-order valence-corrected chi connectivity index (χ2v) is 7.92. The van der Waals surface area contributed by atoms with Crippen molar-refractivity contribution in [2.75, 3.05) is 29.9 Å². The van der Waals surface area contributed by atoms with Gasteiger partial charge in [-0.3, -0.25) is 4.98 Å². The van der Waals surface area contributed by atoms with E-state index in [2.05, 4.69) is 57.8 Å². The van der Waals surface area contributed by atoms with Crippen molar-refractivity contribution in [1.82, 2.24) is 29.8 Å². The first-order valence-electron chi connectivity index (χ1n) is 8.82. The van der Waals surface area contributed by atoms with E-state index >= 15 is 0 Å². The number of hydrogen-bond donors (Lipinski definition) is 0. The van der Waals surface area contributed by atoms with E-state index in [9.17, 15) is 0 Å². The minimum absolute atomic E-state index is 0.104. The monoisotopic (exact) mass is 352 g/mol. The SMILES string of the molecule is Cc1cnc(N(C)C2CN(c3ccc4nnc(C(C)(C)C)n4n3)C2)cn1. The lowest BCUT2D eigenvalue weighted by molar-refractivity contribution is 0.482. The van der Waals surface area contributed by atoms with Crippen LogP contribution in [0.3, 0.4) is 0 Å². The van der Waals surface area contributed by atoms with Crippen LogP contribution in [0.2, 0.25) is 0 Å². The first-order valence-corrected chi connectivity index (χ1v) is 8.82. The Hall–Kier alpha value is -2.77. The number of aromatic nitrogens is 6. The molecule has 0 aliphatic carbocycles. The van der Waals surface area contributed by atoms with E-state index in [0.717, 1.165) is 41.9 Å². The standard InChI is InChI=1S/C18H24N8/c1-12-8-20-16(9-19-12)24(5)13-10-25(11-13)15-7-6-14-21-22-17(18(2,3)4)26(14)23-15/h6-9,13H,10-11H2,1-5H3. The first-order chi connectivity index (χ1) is 12.3. The van der Waals surface area contributed by atoms with Crippen LogP contribution < -0.4 is 9.80 Å². The zero-order chi connectivity index (χ0) is 18.5. The zero-order valence-corrected chi connectivity index (χ0v) is 15.9. The van der Waals surface area contributed by atoms with Gasteiger partial charge in [0.05, 0.1) is 24.1 Å². The number of anilines is 2. The van der Waals surface area contributed by atoms with Crippen molar-refractivity contribution >= 4 is 17.3 Å². The summed E-state index contributed by atoms with van der Waals surface area (Å²) in [4.78, 5) is 13.2. The molecule has 8 nitrogen and oxygen atoms in total. The van der Waals surface area contributed by atoms with Crippen LogP contribution in [0.15, 0.2) is 24.5 Å². The highest BCUT2D eigenvalue weighted by Gasteiger charge is 2.32. The van der Waals surface area contributed by atoms with Crippen LogP contribution in [0.25, 0.3) is 5.65 Å². The lowest BCUT2D eigenvalue weighted by Gasteiger charge is -2.44. The van der Waals surface area contributed by atoms with Crippen LogP contribution in [-0.2, 0) is 5.41 Å². The molecule has 0 atom stereocenters. The smallest absolute Gasteiger partial charge is 0.178 e. The lowest BCUT2D eigenvalue weighted by Crippen LogP contribution is -2.59. The van der Waals surface area contributed by atoms with E-state index < -0.39 is 0 Å². The molecule has 3 aromatic heterocycles. The van der Waals surface area contributed by atoms with Crippen LogP contribution in [-0.4, -0.2) is 56.0 Å². The quantitative estimate of drug-likeness (QED) is 0.712. The summed E-state index contributed by atoms with van der Waals surface area (Å²) < 4.78 is 1.86. The minimum atomic E-state index is -0.104. The predicted molar refractivity (Wildman–Crippen MR) is 101 cm³/mol. The summed E-state index contributed by atoms with van der Waals surface area (Å²) in [6, 6.07) is 4.39. The summed E-state index contributed by atoms with van der Waals surface area (Å²) in [5.74, 6) is 2.72. The van der Waals surface area contributed by atoms with Gasteiger partial charge in [-0.2, -0.15) is 4.52 Å². The maximum atomic E-state index is 4.77. The number of aryl methyl sites for hydroxylation is 1. The van der Waals surface area contributed by atoms with Gasteiger partial charge in [-0.15, -0.1) is 15.3 Å². The average Bonchev–Trinajstić information content (AvgIpc) is 2.97. The Morgan fingerprint density at radius 3 is 2.50 bits per heavy atom. The van der Waals surface area contributed by atoms with Gasteiger partial charge >= 0.3 is 0 Å². The Morgan fingerprint density at radius 2 is 1.85 bits per heavy atom. The largest absolute Gasteiger partial charge is 0.352 e. The van der Waals surface area contributed by atoms with Crippen LogP contribution in [0.5, 0.6) is 0 Å². The number of nitrogens with zero attached hydrogens (tertiary/aromatic N) is 8. The van der Waals surface area contributed by atoms with Crippen molar-refractivity contribution in [2.24, 2.45) is 0 Å². The summed E-state index contributed by atoms with van der Waals surface area (Å²) in [6.45, 7) is 10.1. The molecule has 0 saturated carbocycles. The van der Waals surface area contributed by atoms with Gasteiger partial charge < -0.3 is 9.80 Å². The molecule has 136 valence electrons. The lowest BCUT2D eigenvalue weighted by atomic mass is 9.96. The molecule has 0 spiro atoms. The molecule has 0 radical (unpaired) electrons. The van der Waals surface area contributed by atoms with Crippen molar-refractivity contribution in [1.29, 1.82) is 0 Å². The van der Waals surface area contributed by atoms with Gasteiger partial charge in [0.25, 0.3) is 0 Å². The van der Waals surface area contributed by atoms with E-state index in [4.69, 9.17) is 5.10 Å². The average molecular weight is 352 g/mol. The Bertz CT molecular complexity index is 919. The molecule has 0 bridgehead atoms. The summed E-state index contributed by atoms with van der Waals surface area (Å²) in [5.41, 5.74) is 1.61. The van der Waals surface area contributed by atoms with Gasteiger partial charge in [-0.25, -0.2) is 4.98 Å². The topological polar surface area (TPSA) is 75.3 Å². The number of fused-ring (bicyclic) bond motifs is 1. The molecule has 0 N–H and O–H groups in total. The summed E-state index contributed by atoms with van der Waals surface area (Å²) in [5, 5.41) is 13.3. The van der Waals surface area contributed by atoms with Gasteiger partial charge in [-0.1, -0.05) is 20.8 Å². The summed E-state index contributed by atoms with van der Waals surface area (Å²) in [7, 11) is 2.06. The minimum Gasteiger partial charge on any atom is -0.352 e. The van der Waals surface area contributed by atoms with Crippen molar-refractivity contribution in [3.05, 3.63) is 36.0 Å². The maximum absolute atomic E-state index is 4.77. The fraction of sp³-hybridized carbons (Fsp3) is 0.500. The zero-order valence-electron chi connectivity index (χ0n) is 15.9. The molecular weight excluding hydrogens is 328 g/mol. The molecular formula is C18H24N8. The maximum Gasteiger partial charge on any atom is 0.178 e. The Balaban J connectivity index is 1.51. The van der Waals surface area contributed by atoms with Crippen LogP contribution in [0, 0.1) is 6.92 Å². The molecule has 1 saturated heterocycles. The van der Waals surface area contributed by atoms with Crippen molar-refractivity contribution < 1.29 is 0 Å². The third-order valence-corrected chi connectivity index (χ3v) is 4.78. The van der Waals surface area contributed by atoms with Crippen molar-refractivity contribution in [2.45, 2.75) is 39.2 Å². The number of hydrogen-bond acceptors (Lipinski definition) is 7. The first kappa shape index (κ1) is 16.7. The van der Waals surface area contributed by atoms with Crippen LogP contribution in [0.1, 0.15) is 32.3 Å². The molecule has 26 heavy (non-hydrogen) atoms. The fourth-order valence-electron chi connectivity index (χ4n) is 3.06. The molecule has 1 aliphatic rings. The molecule has 1 fully saturated rings. The summed E-state index contributed by atoms with van der Waals surface area (Å²) >= 11 is 0. The van der Waals surface area contributed by atoms with Gasteiger partial charge in [0, 0.05) is 25.6 Å². The Labute approximate surface area is 152 Å². The second-order valence-electron chi connectivity index (χ2n) is 7.92. The van der Waals surface area contributed by atoms with E-state index in [-0.39, 0.29) is 5.41 Å². The van der Waals surface area contributed by atoms with Crippen molar-refractivity contribution in [3.63, 3.8) is 0 Å². The predicted octanol–water partition coefficient (Wildman–Crippen LogP) is 1.85. The highest BCUT2D eigenvalue weighted by Crippen LogP contribution is 2.25. The highest BCUT2D eigenvalue weighted by atomic mass is 15.4. The van der Waals surface area contributed by atoms with E-state index in [1.54, 1.807) is 6.20 Å². The normalized spacial score (nSPS) is 15.3. The van der Waals surface area contributed by atoms with Crippen LogP contribution >= 0.6 is 0 Å². The van der Waals surface area contributed by atoms with E-state index in [0.29, 0.717) is 6.04 Å². The molecule has 1 aliphatic heterocycles. The molecule has 0 amide bonds. The number of rotatable bonds is 3. The molecule has 0 unspecified atom stereocenters. The number of likely N-dealkylation sites (N-methyl/N-ethyl adjacent to an activating group) is 1.